The number of halogens is 1. The van der Waals surface area contributed by atoms with Crippen LogP contribution in [0.2, 0.25) is 0 Å². The van der Waals surface area contributed by atoms with Crippen molar-refractivity contribution in [3.8, 4) is 5.75 Å². The van der Waals surface area contributed by atoms with Gasteiger partial charge in [-0.25, -0.2) is 13.1 Å². The molecule has 0 heterocycles. The van der Waals surface area contributed by atoms with Crippen LogP contribution in [-0.4, -0.2) is 48.2 Å². The molecule has 0 atom stereocenters. The minimum atomic E-state index is -3.71. The molecule has 0 unspecified atom stereocenters. The molecule has 158 valence electrons. The van der Waals surface area contributed by atoms with Crippen molar-refractivity contribution >= 4 is 31.9 Å². The quantitative estimate of drug-likeness (QED) is 0.478. The molecule has 0 aromatic heterocycles. The molecule has 0 radical (unpaired) electrons. The molecule has 29 heavy (non-hydrogen) atoms. The van der Waals surface area contributed by atoms with E-state index in [0.717, 1.165) is 24.2 Å². The Balaban J connectivity index is 1.93. The molecule has 9 heteroatoms. The Labute approximate surface area is 180 Å². The van der Waals surface area contributed by atoms with Gasteiger partial charge < -0.3 is 14.8 Å². The lowest BCUT2D eigenvalue weighted by Gasteiger charge is -2.11. The molecule has 0 saturated carbocycles. The molecular formula is C20H25BrN2O5S. The fourth-order valence-corrected chi connectivity index (χ4v) is 4.05. The van der Waals surface area contributed by atoms with Crippen molar-refractivity contribution in [2.24, 2.45) is 0 Å². The van der Waals surface area contributed by atoms with Gasteiger partial charge in [-0.2, -0.15) is 0 Å². The fourth-order valence-electron chi connectivity index (χ4n) is 2.59. The second kappa shape index (κ2) is 11.3. The van der Waals surface area contributed by atoms with Crippen molar-refractivity contribution in [2.45, 2.75) is 17.7 Å². The number of hydrogen-bond donors (Lipinski definition) is 2. The maximum Gasteiger partial charge on any atom is 0.252 e. The Hall–Kier alpha value is -1.94. The summed E-state index contributed by atoms with van der Waals surface area (Å²) < 4.78 is 37.6. The van der Waals surface area contributed by atoms with Gasteiger partial charge in [0.1, 0.15) is 5.75 Å². The predicted molar refractivity (Wildman–Crippen MR) is 115 cm³/mol. The molecule has 2 aromatic rings. The third-order valence-electron chi connectivity index (χ3n) is 4.18. The number of sulfonamides is 1. The number of hydrogen-bond acceptors (Lipinski definition) is 5. The molecule has 2 rings (SSSR count). The van der Waals surface area contributed by atoms with E-state index in [4.69, 9.17) is 9.47 Å². The van der Waals surface area contributed by atoms with Gasteiger partial charge in [0.25, 0.3) is 5.91 Å². The van der Waals surface area contributed by atoms with Gasteiger partial charge in [-0.1, -0.05) is 12.1 Å². The number of ether oxygens (including phenoxy) is 2. The minimum Gasteiger partial charge on any atom is -0.497 e. The summed E-state index contributed by atoms with van der Waals surface area (Å²) in [6.07, 6.45) is 1.57. The van der Waals surface area contributed by atoms with Crippen LogP contribution in [0.15, 0.2) is 51.8 Å². The summed E-state index contributed by atoms with van der Waals surface area (Å²) in [5.74, 6) is 0.471. The van der Waals surface area contributed by atoms with Crippen LogP contribution in [0.4, 0.5) is 0 Å². The summed E-state index contributed by atoms with van der Waals surface area (Å²) in [6.45, 7) is 0.888. The van der Waals surface area contributed by atoms with E-state index in [0.29, 0.717) is 11.0 Å². The fraction of sp³-hybridized carbons (Fsp3) is 0.350. The average molecular weight is 485 g/mol. The Morgan fingerprint density at radius 1 is 1.07 bits per heavy atom. The van der Waals surface area contributed by atoms with Gasteiger partial charge in [0, 0.05) is 24.7 Å². The van der Waals surface area contributed by atoms with Crippen LogP contribution in [0, 0.1) is 0 Å². The molecular weight excluding hydrogens is 460 g/mol. The van der Waals surface area contributed by atoms with Gasteiger partial charge in [0.15, 0.2) is 0 Å². The summed E-state index contributed by atoms with van der Waals surface area (Å²) in [4.78, 5) is 12.5. The molecule has 1 amide bonds. The van der Waals surface area contributed by atoms with Crippen molar-refractivity contribution in [1.29, 1.82) is 0 Å². The Kier molecular flexibility index (Phi) is 9.09. The Bertz CT molecular complexity index is 917. The third kappa shape index (κ3) is 7.11. The van der Waals surface area contributed by atoms with E-state index in [9.17, 15) is 13.2 Å². The summed E-state index contributed by atoms with van der Waals surface area (Å²) in [6, 6.07) is 12.1. The molecule has 0 aliphatic carbocycles. The Morgan fingerprint density at radius 2 is 1.79 bits per heavy atom. The number of amides is 1. The molecule has 2 aromatic carbocycles. The molecule has 0 fully saturated rings. The van der Waals surface area contributed by atoms with Gasteiger partial charge in [0.2, 0.25) is 10.0 Å². The number of benzene rings is 2. The van der Waals surface area contributed by atoms with Gasteiger partial charge in [-0.15, -0.1) is 0 Å². The van der Waals surface area contributed by atoms with Crippen molar-refractivity contribution in [3.05, 3.63) is 58.1 Å². The first-order valence-electron chi connectivity index (χ1n) is 9.06. The average Bonchev–Trinajstić information content (AvgIpc) is 2.71. The Morgan fingerprint density at radius 3 is 2.45 bits per heavy atom. The van der Waals surface area contributed by atoms with Crippen LogP contribution in [0.25, 0.3) is 0 Å². The predicted octanol–water partition coefficient (Wildman–Crippen LogP) is 2.75. The van der Waals surface area contributed by atoms with E-state index < -0.39 is 10.0 Å². The van der Waals surface area contributed by atoms with E-state index in [-0.39, 0.29) is 29.5 Å². The van der Waals surface area contributed by atoms with E-state index >= 15 is 0 Å². The van der Waals surface area contributed by atoms with Crippen molar-refractivity contribution in [1.82, 2.24) is 10.0 Å². The van der Waals surface area contributed by atoms with Crippen LogP contribution in [0.3, 0.4) is 0 Å². The van der Waals surface area contributed by atoms with Gasteiger partial charge in [-0.05, 0) is 64.7 Å². The number of rotatable bonds is 11. The highest BCUT2D eigenvalue weighted by molar-refractivity contribution is 9.10. The first kappa shape index (κ1) is 23.3. The highest BCUT2D eigenvalue weighted by Gasteiger charge is 2.18. The molecule has 0 bridgehead atoms. The molecule has 2 N–H and O–H groups in total. The van der Waals surface area contributed by atoms with Gasteiger partial charge in [0.05, 0.1) is 24.2 Å². The van der Waals surface area contributed by atoms with Crippen LogP contribution in [-0.2, 0) is 21.2 Å². The zero-order valence-electron chi connectivity index (χ0n) is 16.4. The standard InChI is InChI=1S/C20H25BrN2O5S/c1-27-13-12-23-29(25,26)17-9-10-19(21)18(14-17)20(24)22-11-3-4-15-5-7-16(28-2)8-6-15/h5-10,14,23H,3-4,11-13H2,1-2H3,(H,22,24). The van der Waals surface area contributed by atoms with Crippen molar-refractivity contribution in [3.63, 3.8) is 0 Å². The van der Waals surface area contributed by atoms with E-state index in [1.165, 1.54) is 19.2 Å². The molecule has 0 aliphatic rings. The van der Waals surface area contributed by atoms with Crippen LogP contribution in [0.5, 0.6) is 5.75 Å². The van der Waals surface area contributed by atoms with Crippen molar-refractivity contribution in [2.75, 3.05) is 33.9 Å². The maximum absolute atomic E-state index is 12.5. The van der Waals surface area contributed by atoms with Crippen LogP contribution >= 0.6 is 15.9 Å². The lowest BCUT2D eigenvalue weighted by atomic mass is 10.1. The lowest BCUT2D eigenvalue weighted by Crippen LogP contribution is -2.28. The SMILES string of the molecule is COCCNS(=O)(=O)c1ccc(Br)c(C(=O)NCCCc2ccc(OC)cc2)c1. The van der Waals surface area contributed by atoms with Crippen LogP contribution < -0.4 is 14.8 Å². The smallest absolute Gasteiger partial charge is 0.252 e. The van der Waals surface area contributed by atoms with E-state index in [1.807, 2.05) is 24.3 Å². The second-order valence-electron chi connectivity index (χ2n) is 6.24. The lowest BCUT2D eigenvalue weighted by molar-refractivity contribution is 0.0952. The van der Waals surface area contributed by atoms with Gasteiger partial charge in [-0.3, -0.25) is 4.79 Å². The summed E-state index contributed by atoms with van der Waals surface area (Å²) in [7, 11) is -0.599. The molecule has 0 spiro atoms. The summed E-state index contributed by atoms with van der Waals surface area (Å²) >= 11 is 3.31. The van der Waals surface area contributed by atoms with Crippen molar-refractivity contribution < 1.29 is 22.7 Å². The summed E-state index contributed by atoms with van der Waals surface area (Å²) in [5, 5.41) is 2.83. The second-order valence-corrected chi connectivity index (χ2v) is 8.86. The largest absolute Gasteiger partial charge is 0.497 e. The van der Waals surface area contributed by atoms with E-state index in [2.05, 4.69) is 26.0 Å². The number of aryl methyl sites for hydroxylation is 1. The zero-order chi connectivity index (χ0) is 21.3. The topological polar surface area (TPSA) is 93.7 Å². The zero-order valence-corrected chi connectivity index (χ0v) is 18.8. The first-order chi connectivity index (χ1) is 13.9. The third-order valence-corrected chi connectivity index (χ3v) is 6.33. The molecule has 7 nitrogen and oxygen atoms in total. The first-order valence-corrected chi connectivity index (χ1v) is 11.3. The number of carbonyl (C=O) groups excluding carboxylic acids is 1. The normalized spacial score (nSPS) is 11.3. The summed E-state index contributed by atoms with van der Waals surface area (Å²) in [5.41, 5.74) is 1.42. The minimum absolute atomic E-state index is 0.0279. The highest BCUT2D eigenvalue weighted by Crippen LogP contribution is 2.21. The molecule has 0 saturated heterocycles. The number of carbonyl (C=O) groups is 1. The maximum atomic E-state index is 12.5. The number of methoxy groups -OCH3 is 2. The molecule has 0 aliphatic heterocycles. The monoisotopic (exact) mass is 484 g/mol. The highest BCUT2D eigenvalue weighted by atomic mass is 79.9. The van der Waals surface area contributed by atoms with Crippen LogP contribution in [0.1, 0.15) is 22.3 Å². The van der Waals surface area contributed by atoms with E-state index in [1.54, 1.807) is 13.2 Å². The number of nitrogens with one attached hydrogen (secondary N) is 2. The van der Waals surface area contributed by atoms with Gasteiger partial charge >= 0.3 is 0 Å².